The van der Waals surface area contributed by atoms with Crippen molar-refractivity contribution in [2.24, 2.45) is 0 Å². The first-order valence-electron chi connectivity index (χ1n) is 14.9. The summed E-state index contributed by atoms with van der Waals surface area (Å²) in [6, 6.07) is 24.1. The van der Waals surface area contributed by atoms with Crippen LogP contribution in [0.4, 0.5) is 0 Å². The summed E-state index contributed by atoms with van der Waals surface area (Å²) in [6.45, 7) is 3.82. The number of thioether (sulfide) groups is 1. The van der Waals surface area contributed by atoms with Crippen LogP contribution in [0.2, 0.25) is 5.02 Å². The maximum Gasteiger partial charge on any atom is 0.320 e. The third-order valence-electron chi connectivity index (χ3n) is 7.70. The van der Waals surface area contributed by atoms with Crippen molar-refractivity contribution in [1.82, 2.24) is 5.32 Å². The van der Waals surface area contributed by atoms with E-state index in [1.165, 1.54) is 0 Å². The summed E-state index contributed by atoms with van der Waals surface area (Å²) < 4.78 is 24.0. The lowest BCUT2D eigenvalue weighted by Gasteiger charge is -2.20. The van der Waals surface area contributed by atoms with Gasteiger partial charge in [-0.2, -0.15) is 17.0 Å². The van der Waals surface area contributed by atoms with E-state index in [1.54, 1.807) is 42.1 Å². The van der Waals surface area contributed by atoms with Gasteiger partial charge in [0, 0.05) is 18.2 Å². The Balaban J connectivity index is 1.37. The molecule has 10 heteroatoms. The molecule has 1 aliphatic heterocycles. The Kier molecular flexibility index (Phi) is 11.3. The number of nitriles is 1. The molecule has 5 rings (SSSR count). The number of nitrogens with zero attached hydrogens (tertiary/aromatic N) is 1. The SMILES string of the molecule is CSCCC(NCc1cc(Cl)c(OCc2cccc(-c3ccc4c(c3)OCCO4)c2C)cc1OCc1cccc(C#N)c1)C(=O)O. The van der Waals surface area contributed by atoms with Gasteiger partial charge in [-0.3, -0.25) is 4.79 Å². The average Bonchev–Trinajstić information content (AvgIpc) is 3.07. The highest BCUT2D eigenvalue weighted by atomic mass is 35.5. The average molecular weight is 659 g/mol. The zero-order chi connectivity index (χ0) is 32.5. The predicted octanol–water partition coefficient (Wildman–Crippen LogP) is 7.41. The minimum absolute atomic E-state index is 0.203. The zero-order valence-corrected chi connectivity index (χ0v) is 27.2. The smallest absolute Gasteiger partial charge is 0.320 e. The number of carbonyl (C=O) groups is 1. The second kappa shape index (κ2) is 15.8. The maximum atomic E-state index is 11.8. The maximum absolute atomic E-state index is 11.8. The van der Waals surface area contributed by atoms with Crippen LogP contribution in [-0.4, -0.2) is 42.3 Å². The first-order valence-corrected chi connectivity index (χ1v) is 16.6. The molecule has 238 valence electrons. The Morgan fingerprint density at radius 3 is 2.57 bits per heavy atom. The first kappa shape index (κ1) is 33.0. The summed E-state index contributed by atoms with van der Waals surface area (Å²) >= 11 is 8.33. The number of carboxylic acid groups (broad SMARTS) is 1. The fourth-order valence-electron chi connectivity index (χ4n) is 5.15. The van der Waals surface area contributed by atoms with Crippen molar-refractivity contribution in [1.29, 1.82) is 5.26 Å². The van der Waals surface area contributed by atoms with E-state index in [1.807, 2.05) is 42.7 Å². The molecule has 0 radical (unpaired) electrons. The normalized spacial score (nSPS) is 12.7. The van der Waals surface area contributed by atoms with Gasteiger partial charge in [0.05, 0.1) is 16.7 Å². The molecule has 1 heterocycles. The van der Waals surface area contributed by atoms with Gasteiger partial charge in [0.25, 0.3) is 0 Å². The minimum Gasteiger partial charge on any atom is -0.488 e. The largest absolute Gasteiger partial charge is 0.488 e. The van der Waals surface area contributed by atoms with Crippen LogP contribution in [0.25, 0.3) is 11.1 Å². The molecule has 0 amide bonds. The van der Waals surface area contributed by atoms with Crippen LogP contribution in [0, 0.1) is 18.3 Å². The number of hydrogen-bond acceptors (Lipinski definition) is 8. The molecule has 1 unspecified atom stereocenters. The molecule has 0 aliphatic carbocycles. The lowest BCUT2D eigenvalue weighted by Crippen LogP contribution is -2.36. The van der Waals surface area contributed by atoms with Crippen molar-refractivity contribution >= 4 is 29.3 Å². The van der Waals surface area contributed by atoms with Crippen molar-refractivity contribution in [3.8, 4) is 40.2 Å². The quantitative estimate of drug-likeness (QED) is 0.143. The van der Waals surface area contributed by atoms with E-state index < -0.39 is 12.0 Å². The van der Waals surface area contributed by atoms with Gasteiger partial charge in [0.2, 0.25) is 0 Å². The molecule has 0 saturated carbocycles. The molecule has 4 aromatic rings. The number of rotatable bonds is 14. The molecule has 0 bridgehead atoms. The molecule has 0 saturated heterocycles. The van der Waals surface area contributed by atoms with E-state index in [9.17, 15) is 15.2 Å². The summed E-state index contributed by atoms with van der Waals surface area (Å²) in [7, 11) is 0. The van der Waals surface area contributed by atoms with Crippen LogP contribution in [0.3, 0.4) is 0 Å². The fraction of sp³-hybridized carbons (Fsp3) is 0.278. The number of halogens is 1. The molecule has 0 fully saturated rings. The number of aliphatic carboxylic acids is 1. The van der Waals surface area contributed by atoms with E-state index in [2.05, 4.69) is 24.4 Å². The third kappa shape index (κ3) is 8.26. The Morgan fingerprint density at radius 1 is 1.00 bits per heavy atom. The summed E-state index contributed by atoms with van der Waals surface area (Å²) in [4.78, 5) is 11.8. The van der Waals surface area contributed by atoms with E-state index >= 15 is 0 Å². The van der Waals surface area contributed by atoms with Crippen LogP contribution < -0.4 is 24.3 Å². The summed E-state index contributed by atoms with van der Waals surface area (Å²) in [6.07, 6.45) is 2.42. The Labute approximate surface area is 278 Å². The summed E-state index contributed by atoms with van der Waals surface area (Å²) in [5.74, 6) is 2.22. The lowest BCUT2D eigenvalue weighted by atomic mass is 9.96. The van der Waals surface area contributed by atoms with E-state index in [0.717, 1.165) is 39.3 Å². The molecule has 46 heavy (non-hydrogen) atoms. The van der Waals surface area contributed by atoms with Crippen molar-refractivity contribution in [2.45, 2.75) is 39.1 Å². The van der Waals surface area contributed by atoms with Crippen molar-refractivity contribution in [3.63, 3.8) is 0 Å². The molecule has 2 N–H and O–H groups in total. The lowest BCUT2D eigenvalue weighted by molar-refractivity contribution is -0.139. The highest BCUT2D eigenvalue weighted by molar-refractivity contribution is 7.98. The number of nitrogens with one attached hydrogen (secondary N) is 1. The molecule has 1 aliphatic rings. The van der Waals surface area contributed by atoms with Gasteiger partial charge in [-0.15, -0.1) is 0 Å². The van der Waals surface area contributed by atoms with Crippen LogP contribution in [0.1, 0.15) is 34.2 Å². The van der Waals surface area contributed by atoms with Crippen LogP contribution in [0.15, 0.2) is 72.8 Å². The number of fused-ring (bicyclic) bond motifs is 1. The Bertz CT molecular complexity index is 1740. The molecule has 8 nitrogen and oxygen atoms in total. The zero-order valence-electron chi connectivity index (χ0n) is 25.7. The van der Waals surface area contributed by atoms with Crippen LogP contribution in [-0.2, 0) is 24.6 Å². The van der Waals surface area contributed by atoms with Gasteiger partial charge >= 0.3 is 5.97 Å². The van der Waals surface area contributed by atoms with E-state index in [4.69, 9.17) is 30.5 Å². The molecular formula is C36H35ClN2O6S. The first-order chi connectivity index (χ1) is 22.4. The van der Waals surface area contributed by atoms with Gasteiger partial charge in [-0.25, -0.2) is 0 Å². The van der Waals surface area contributed by atoms with Gasteiger partial charge in [0.15, 0.2) is 11.5 Å². The van der Waals surface area contributed by atoms with E-state index in [-0.39, 0.29) is 19.8 Å². The third-order valence-corrected chi connectivity index (χ3v) is 8.63. The monoisotopic (exact) mass is 658 g/mol. The van der Waals surface area contributed by atoms with Crippen molar-refractivity contribution in [3.05, 3.63) is 106 Å². The summed E-state index contributed by atoms with van der Waals surface area (Å²) in [5, 5.41) is 22.5. The Hall–Kier alpha value is -4.36. The van der Waals surface area contributed by atoms with Gasteiger partial charge in [-0.05, 0) is 83.5 Å². The second-order valence-corrected chi connectivity index (χ2v) is 12.2. The number of ether oxygens (including phenoxy) is 4. The number of carboxylic acids is 1. The van der Waals surface area contributed by atoms with Gasteiger partial charge < -0.3 is 29.4 Å². The highest BCUT2D eigenvalue weighted by Crippen LogP contribution is 2.37. The van der Waals surface area contributed by atoms with E-state index in [0.29, 0.717) is 53.0 Å². The van der Waals surface area contributed by atoms with Crippen LogP contribution in [0.5, 0.6) is 23.0 Å². The molecule has 0 aromatic heterocycles. The Morgan fingerprint density at radius 2 is 1.78 bits per heavy atom. The second-order valence-electron chi connectivity index (χ2n) is 10.8. The van der Waals surface area contributed by atoms with Gasteiger partial charge in [-0.1, -0.05) is 48.0 Å². The number of benzene rings is 4. The molecular weight excluding hydrogens is 624 g/mol. The molecule has 4 aromatic carbocycles. The standard InChI is InChI=1S/C36H35ClN2O6S/c1-23-27(7-4-8-29(23)26-9-10-32-35(17-26)43-13-12-42-32)22-45-34-18-33(44-21-25-6-3-5-24(15-25)19-38)28(16-30(34)37)20-39-31(36(40)41)11-14-46-2/h3-10,15-18,31,39H,11-14,20-22H2,1-2H3,(H,40,41). The topological polar surface area (TPSA) is 110 Å². The van der Waals surface area contributed by atoms with Crippen molar-refractivity contribution < 1.29 is 28.8 Å². The predicted molar refractivity (Wildman–Crippen MR) is 180 cm³/mol. The summed E-state index contributed by atoms with van der Waals surface area (Å²) in [5.41, 5.74) is 6.19. The van der Waals surface area contributed by atoms with Crippen LogP contribution >= 0.6 is 23.4 Å². The molecule has 1 atom stereocenters. The fourth-order valence-corrected chi connectivity index (χ4v) is 5.86. The number of hydrogen-bond donors (Lipinski definition) is 2. The van der Waals surface area contributed by atoms with Crippen molar-refractivity contribution in [2.75, 3.05) is 25.2 Å². The van der Waals surface area contributed by atoms with Gasteiger partial charge in [0.1, 0.15) is 44.0 Å². The highest BCUT2D eigenvalue weighted by Gasteiger charge is 2.19. The minimum atomic E-state index is -0.912. The molecule has 0 spiro atoms.